The van der Waals surface area contributed by atoms with Crippen LogP contribution in [0.4, 0.5) is 0 Å². The van der Waals surface area contributed by atoms with Gasteiger partial charge in [0.1, 0.15) is 15.7 Å². The molecule has 0 aromatic carbocycles. The molecule has 8 nitrogen and oxygen atoms in total. The first kappa shape index (κ1) is 17.2. The van der Waals surface area contributed by atoms with Crippen molar-refractivity contribution in [2.75, 3.05) is 30.9 Å². The molecule has 0 unspecified atom stereocenters. The zero-order valence-corrected chi connectivity index (χ0v) is 13.2. The summed E-state index contributed by atoms with van der Waals surface area (Å²) in [6.07, 6.45) is 1.87. The SMILES string of the molecule is CC1(C(N)=NO)CCN(S(=O)(=O)CCS(C)(=O)=O)CC1. The van der Waals surface area contributed by atoms with Crippen LogP contribution in [0.5, 0.6) is 0 Å². The lowest BCUT2D eigenvalue weighted by Gasteiger charge is -2.37. The summed E-state index contributed by atoms with van der Waals surface area (Å²) in [5, 5.41) is 11.7. The maximum absolute atomic E-state index is 12.0. The average molecular weight is 327 g/mol. The first-order valence-electron chi connectivity index (χ1n) is 6.14. The molecule has 0 aromatic heterocycles. The van der Waals surface area contributed by atoms with Gasteiger partial charge in [0, 0.05) is 24.8 Å². The van der Waals surface area contributed by atoms with E-state index in [4.69, 9.17) is 10.9 Å². The van der Waals surface area contributed by atoms with Gasteiger partial charge in [-0.05, 0) is 12.8 Å². The van der Waals surface area contributed by atoms with E-state index in [1.54, 1.807) is 0 Å². The van der Waals surface area contributed by atoms with Gasteiger partial charge in [0.25, 0.3) is 0 Å². The summed E-state index contributed by atoms with van der Waals surface area (Å²) in [7, 11) is -6.90. The third-order valence-corrected chi connectivity index (χ3v) is 6.73. The van der Waals surface area contributed by atoms with Crippen LogP contribution < -0.4 is 5.73 Å². The highest BCUT2D eigenvalue weighted by molar-refractivity contribution is 7.93. The lowest BCUT2D eigenvalue weighted by molar-refractivity contribution is 0.230. The quantitative estimate of drug-likeness (QED) is 0.294. The van der Waals surface area contributed by atoms with Crippen LogP contribution in [0, 0.1) is 5.41 Å². The molecule has 118 valence electrons. The third-order valence-electron chi connectivity index (χ3n) is 3.66. The fourth-order valence-corrected chi connectivity index (χ4v) is 5.07. The molecule has 0 spiro atoms. The predicted octanol–water partition coefficient (Wildman–Crippen LogP) is -0.791. The molecule has 1 rings (SSSR count). The van der Waals surface area contributed by atoms with E-state index in [1.165, 1.54) is 4.31 Å². The Morgan fingerprint density at radius 1 is 1.25 bits per heavy atom. The fraction of sp³-hybridized carbons (Fsp3) is 0.900. The van der Waals surface area contributed by atoms with E-state index in [0.29, 0.717) is 12.8 Å². The van der Waals surface area contributed by atoms with Crippen molar-refractivity contribution in [1.29, 1.82) is 0 Å². The standard InChI is InChI=1S/C10H21N3O5S2/c1-10(9(11)12-14)3-5-13(6-4-10)20(17,18)8-7-19(2,15)16/h14H,3-8H2,1-2H3,(H2,11,12). The highest BCUT2D eigenvalue weighted by Gasteiger charge is 2.37. The maximum Gasteiger partial charge on any atom is 0.215 e. The zero-order valence-electron chi connectivity index (χ0n) is 11.6. The van der Waals surface area contributed by atoms with Gasteiger partial charge in [-0.3, -0.25) is 0 Å². The Kier molecular flexibility index (Phi) is 5.03. The largest absolute Gasteiger partial charge is 0.409 e. The van der Waals surface area contributed by atoms with Crippen LogP contribution in [0.1, 0.15) is 19.8 Å². The van der Waals surface area contributed by atoms with Gasteiger partial charge in [-0.25, -0.2) is 21.1 Å². The molecule has 3 N–H and O–H groups in total. The number of nitrogens with two attached hydrogens (primary N) is 1. The second-order valence-corrected chi connectivity index (χ2v) is 9.74. The Morgan fingerprint density at radius 3 is 2.15 bits per heavy atom. The molecule has 20 heavy (non-hydrogen) atoms. The Hall–Kier alpha value is -0.870. The molecule has 1 aliphatic rings. The number of oxime groups is 1. The van der Waals surface area contributed by atoms with Gasteiger partial charge in [-0.1, -0.05) is 12.1 Å². The van der Waals surface area contributed by atoms with Crippen LogP contribution in [-0.4, -0.2) is 63.0 Å². The minimum absolute atomic E-state index is 0.0886. The van der Waals surface area contributed by atoms with E-state index in [2.05, 4.69) is 5.16 Å². The van der Waals surface area contributed by atoms with Crippen LogP contribution in [0.25, 0.3) is 0 Å². The predicted molar refractivity (Wildman–Crippen MR) is 75.8 cm³/mol. The fourth-order valence-electron chi connectivity index (χ4n) is 2.02. The molecule has 1 fully saturated rings. The summed E-state index contributed by atoms with van der Waals surface area (Å²) in [5.74, 6) is -0.708. The van der Waals surface area contributed by atoms with Gasteiger partial charge in [-0.2, -0.15) is 0 Å². The molecular weight excluding hydrogens is 306 g/mol. The highest BCUT2D eigenvalue weighted by atomic mass is 32.2. The maximum atomic E-state index is 12.0. The molecule has 0 bridgehead atoms. The van der Waals surface area contributed by atoms with Crippen molar-refractivity contribution >= 4 is 25.7 Å². The van der Waals surface area contributed by atoms with Crippen LogP contribution in [0.3, 0.4) is 0 Å². The first-order chi connectivity index (χ1) is 9.00. The molecule has 0 aliphatic carbocycles. The van der Waals surface area contributed by atoms with Crippen LogP contribution >= 0.6 is 0 Å². The summed E-state index contributed by atoms with van der Waals surface area (Å²) >= 11 is 0. The smallest absolute Gasteiger partial charge is 0.215 e. The minimum atomic E-state index is -3.59. The Bertz CT molecular complexity index is 574. The molecule has 0 aromatic rings. The van der Waals surface area contributed by atoms with Gasteiger partial charge >= 0.3 is 0 Å². The average Bonchev–Trinajstić information content (AvgIpc) is 2.35. The molecule has 10 heteroatoms. The van der Waals surface area contributed by atoms with Crippen LogP contribution in [0.2, 0.25) is 0 Å². The summed E-state index contributed by atoms with van der Waals surface area (Å²) in [4.78, 5) is 0. The molecule has 0 saturated carbocycles. The number of sulfonamides is 1. The number of amidine groups is 1. The van der Waals surface area contributed by atoms with Gasteiger partial charge in [-0.15, -0.1) is 0 Å². The Labute approximate surface area is 119 Å². The molecule has 1 saturated heterocycles. The molecule has 1 aliphatic heterocycles. The third kappa shape index (κ3) is 4.32. The van der Waals surface area contributed by atoms with Gasteiger partial charge in [0.2, 0.25) is 10.0 Å². The van der Waals surface area contributed by atoms with Crippen LogP contribution in [-0.2, 0) is 19.9 Å². The second-order valence-electron chi connectivity index (χ2n) is 5.39. The van der Waals surface area contributed by atoms with E-state index in [1.807, 2.05) is 6.92 Å². The number of piperidine rings is 1. The van der Waals surface area contributed by atoms with Crippen molar-refractivity contribution in [3.8, 4) is 0 Å². The van der Waals surface area contributed by atoms with E-state index in [0.717, 1.165) is 6.26 Å². The van der Waals surface area contributed by atoms with Gasteiger partial charge in [0.05, 0.1) is 11.5 Å². The van der Waals surface area contributed by atoms with E-state index in [-0.39, 0.29) is 24.7 Å². The lowest BCUT2D eigenvalue weighted by atomic mass is 9.80. The highest BCUT2D eigenvalue weighted by Crippen LogP contribution is 2.32. The van der Waals surface area contributed by atoms with E-state index < -0.39 is 31.0 Å². The summed E-state index contributed by atoms with van der Waals surface area (Å²) < 4.78 is 47.4. The van der Waals surface area contributed by atoms with Crippen LogP contribution in [0.15, 0.2) is 5.16 Å². The minimum Gasteiger partial charge on any atom is -0.409 e. The van der Waals surface area contributed by atoms with Crippen molar-refractivity contribution in [3.63, 3.8) is 0 Å². The van der Waals surface area contributed by atoms with Gasteiger partial charge in [0.15, 0.2) is 0 Å². The monoisotopic (exact) mass is 327 g/mol. The van der Waals surface area contributed by atoms with Crippen molar-refractivity contribution in [3.05, 3.63) is 0 Å². The Morgan fingerprint density at radius 2 is 1.75 bits per heavy atom. The molecule has 0 radical (unpaired) electrons. The van der Waals surface area contributed by atoms with Crippen molar-refractivity contribution in [2.24, 2.45) is 16.3 Å². The number of sulfone groups is 1. The number of hydrogen-bond donors (Lipinski definition) is 2. The number of rotatable bonds is 5. The van der Waals surface area contributed by atoms with Crippen molar-refractivity contribution in [1.82, 2.24) is 4.31 Å². The summed E-state index contributed by atoms with van der Waals surface area (Å²) in [6.45, 7) is 2.28. The van der Waals surface area contributed by atoms with Crippen molar-refractivity contribution < 1.29 is 22.0 Å². The normalized spacial score (nSPS) is 21.8. The molecular formula is C10H21N3O5S2. The second kappa shape index (κ2) is 5.86. The lowest BCUT2D eigenvalue weighted by Crippen LogP contribution is -2.48. The first-order valence-corrected chi connectivity index (χ1v) is 9.81. The van der Waals surface area contributed by atoms with E-state index in [9.17, 15) is 16.8 Å². The van der Waals surface area contributed by atoms with Crippen molar-refractivity contribution in [2.45, 2.75) is 19.8 Å². The summed E-state index contributed by atoms with van der Waals surface area (Å²) in [6, 6.07) is 0. The number of hydrogen-bond acceptors (Lipinski definition) is 6. The van der Waals surface area contributed by atoms with E-state index >= 15 is 0 Å². The molecule has 1 heterocycles. The molecule has 0 amide bonds. The zero-order chi connectivity index (χ0) is 15.6. The van der Waals surface area contributed by atoms with Gasteiger partial charge < -0.3 is 10.9 Å². The number of nitrogens with zero attached hydrogens (tertiary/aromatic N) is 2. The Balaban J connectivity index is 2.70. The summed E-state index contributed by atoms with van der Waals surface area (Å²) in [5.41, 5.74) is 5.07. The topological polar surface area (TPSA) is 130 Å². The molecule has 0 atom stereocenters.